The lowest BCUT2D eigenvalue weighted by molar-refractivity contribution is -0.137. The van der Waals surface area contributed by atoms with E-state index in [1.165, 1.54) is 0 Å². The summed E-state index contributed by atoms with van der Waals surface area (Å²) in [6.07, 6.45) is -2.02. The number of aliphatic hydroxyl groups is 1. The van der Waals surface area contributed by atoms with Crippen LogP contribution in [-0.2, 0) is 21.6 Å². The highest BCUT2D eigenvalue weighted by Crippen LogP contribution is 2.45. The second-order valence-corrected chi connectivity index (χ2v) is 8.65. The molecule has 0 aliphatic carbocycles. The van der Waals surface area contributed by atoms with E-state index in [4.69, 9.17) is 0 Å². The van der Waals surface area contributed by atoms with Crippen molar-refractivity contribution in [3.05, 3.63) is 29.6 Å². The Morgan fingerprint density at radius 2 is 1.77 bits per heavy atom. The first-order chi connectivity index (χ1) is 10.1. The minimum atomic E-state index is -4.49. The number of rotatable bonds is 1. The van der Waals surface area contributed by atoms with Crippen molar-refractivity contribution >= 4 is 9.84 Å². The summed E-state index contributed by atoms with van der Waals surface area (Å²) in [5.41, 5.74) is -2.23. The average molecular weight is 335 g/mol. The Labute approximate surface area is 126 Å². The van der Waals surface area contributed by atoms with Crippen molar-refractivity contribution in [1.29, 1.82) is 0 Å². The van der Waals surface area contributed by atoms with E-state index in [9.17, 15) is 26.7 Å². The molecule has 0 spiro atoms. The Kier molecular flexibility index (Phi) is 3.52. The molecule has 1 aromatic rings. The maximum absolute atomic E-state index is 12.6. The Balaban J connectivity index is 1.92. The topological polar surface area (TPSA) is 67.3 Å². The molecule has 2 fully saturated rings. The summed E-state index contributed by atoms with van der Waals surface area (Å²) in [4.78, 5) is 3.75. The first-order valence-corrected chi connectivity index (χ1v) is 8.73. The van der Waals surface area contributed by atoms with Gasteiger partial charge in [0.1, 0.15) is 5.60 Å². The lowest BCUT2D eigenvalue weighted by Crippen LogP contribution is -2.50. The summed E-state index contributed by atoms with van der Waals surface area (Å²) in [5.74, 6) is 0. The van der Waals surface area contributed by atoms with Crippen molar-refractivity contribution in [2.45, 2.75) is 54.4 Å². The van der Waals surface area contributed by atoms with Crippen LogP contribution in [0.2, 0.25) is 0 Å². The number of hydrogen-bond acceptors (Lipinski definition) is 4. The fourth-order valence-electron chi connectivity index (χ4n) is 3.49. The molecular formula is C14H16F3NO3S. The van der Waals surface area contributed by atoms with Gasteiger partial charge in [0.25, 0.3) is 0 Å². The molecular weight excluding hydrogens is 319 g/mol. The van der Waals surface area contributed by atoms with Gasteiger partial charge in [-0.05, 0) is 37.8 Å². The van der Waals surface area contributed by atoms with E-state index >= 15 is 0 Å². The SMILES string of the molecule is O=S1(=O)C2CCCC1CC(O)(c1ccc(C(F)(F)F)cn1)C2. The predicted octanol–water partition coefficient (Wildman–Crippen LogP) is 2.42. The molecule has 0 radical (unpaired) electrons. The number of nitrogens with zero attached hydrogens (tertiary/aromatic N) is 1. The Bertz CT molecular complexity index is 650. The van der Waals surface area contributed by atoms with Gasteiger partial charge in [0.15, 0.2) is 9.84 Å². The first-order valence-electron chi connectivity index (χ1n) is 7.12. The minimum Gasteiger partial charge on any atom is -0.383 e. The van der Waals surface area contributed by atoms with Gasteiger partial charge in [0, 0.05) is 6.20 Å². The molecule has 4 nitrogen and oxygen atoms in total. The van der Waals surface area contributed by atoms with Crippen molar-refractivity contribution in [1.82, 2.24) is 4.98 Å². The summed E-state index contributed by atoms with van der Waals surface area (Å²) < 4.78 is 62.1. The smallest absolute Gasteiger partial charge is 0.383 e. The standard InChI is InChI=1S/C14H16F3NO3S/c15-14(16,17)9-4-5-12(18-8-9)13(19)6-10-2-1-3-11(7-13)22(10,20)21/h4-5,8,10-11,19H,1-3,6-7H2. The van der Waals surface area contributed by atoms with Gasteiger partial charge in [0.05, 0.1) is 21.8 Å². The average Bonchev–Trinajstić information content (AvgIpc) is 2.40. The van der Waals surface area contributed by atoms with E-state index in [0.29, 0.717) is 19.0 Å². The second kappa shape index (κ2) is 4.92. The van der Waals surface area contributed by atoms with Crippen LogP contribution in [0.5, 0.6) is 0 Å². The monoisotopic (exact) mass is 335 g/mol. The molecule has 2 atom stereocenters. The predicted molar refractivity (Wildman–Crippen MR) is 72.7 cm³/mol. The number of halogens is 3. The highest BCUT2D eigenvalue weighted by atomic mass is 32.2. The van der Waals surface area contributed by atoms with Crippen LogP contribution in [-0.4, -0.2) is 29.0 Å². The molecule has 0 amide bonds. The summed E-state index contributed by atoms with van der Waals surface area (Å²) >= 11 is 0. The van der Waals surface area contributed by atoms with Crippen LogP contribution in [0.4, 0.5) is 13.2 Å². The third-order valence-corrected chi connectivity index (χ3v) is 7.34. The number of sulfone groups is 1. The fourth-order valence-corrected chi connectivity index (χ4v) is 6.04. The van der Waals surface area contributed by atoms with Crippen molar-refractivity contribution in [2.24, 2.45) is 0 Å². The number of aromatic nitrogens is 1. The Morgan fingerprint density at radius 3 is 2.23 bits per heavy atom. The molecule has 122 valence electrons. The van der Waals surface area contributed by atoms with Crippen LogP contribution in [0, 0.1) is 0 Å². The summed E-state index contributed by atoms with van der Waals surface area (Å²) in [7, 11) is -3.24. The molecule has 0 saturated carbocycles. The normalized spacial score (nSPS) is 34.4. The summed E-state index contributed by atoms with van der Waals surface area (Å²) in [6, 6.07) is 2.02. The van der Waals surface area contributed by atoms with E-state index < -0.39 is 37.7 Å². The van der Waals surface area contributed by atoms with Gasteiger partial charge < -0.3 is 5.11 Å². The second-order valence-electron chi connectivity index (χ2n) is 6.13. The zero-order valence-corrected chi connectivity index (χ0v) is 12.5. The molecule has 2 bridgehead atoms. The van der Waals surface area contributed by atoms with Crippen LogP contribution in [0.1, 0.15) is 43.4 Å². The molecule has 1 aromatic heterocycles. The Hall–Kier alpha value is -1.15. The largest absolute Gasteiger partial charge is 0.417 e. The maximum atomic E-state index is 12.6. The van der Waals surface area contributed by atoms with Crippen molar-refractivity contribution in [3.63, 3.8) is 0 Å². The highest BCUT2D eigenvalue weighted by Gasteiger charge is 2.51. The molecule has 22 heavy (non-hydrogen) atoms. The number of hydrogen-bond donors (Lipinski definition) is 1. The van der Waals surface area contributed by atoms with E-state index in [1.54, 1.807) is 0 Å². The quantitative estimate of drug-likeness (QED) is 0.856. The molecule has 2 saturated heterocycles. The molecule has 2 unspecified atom stereocenters. The summed E-state index contributed by atoms with van der Waals surface area (Å²) in [6.45, 7) is 0. The molecule has 0 aromatic carbocycles. The lowest BCUT2D eigenvalue weighted by Gasteiger charge is -2.43. The van der Waals surface area contributed by atoms with Crippen LogP contribution in [0.15, 0.2) is 18.3 Å². The van der Waals surface area contributed by atoms with Gasteiger partial charge in [0.2, 0.25) is 0 Å². The first kappa shape index (κ1) is 15.7. The van der Waals surface area contributed by atoms with Crippen LogP contribution >= 0.6 is 0 Å². The van der Waals surface area contributed by atoms with Crippen LogP contribution in [0.3, 0.4) is 0 Å². The summed E-state index contributed by atoms with van der Waals surface area (Å²) in [5, 5.41) is 9.51. The van der Waals surface area contributed by atoms with Crippen molar-refractivity contribution < 1.29 is 26.7 Å². The third kappa shape index (κ3) is 2.52. The van der Waals surface area contributed by atoms with Gasteiger partial charge in [-0.1, -0.05) is 6.42 Å². The van der Waals surface area contributed by atoms with E-state index in [-0.39, 0.29) is 18.5 Å². The Morgan fingerprint density at radius 1 is 1.18 bits per heavy atom. The third-order valence-electron chi connectivity index (χ3n) is 4.68. The van der Waals surface area contributed by atoms with Gasteiger partial charge in [-0.15, -0.1) is 0 Å². The van der Waals surface area contributed by atoms with Crippen molar-refractivity contribution in [3.8, 4) is 0 Å². The van der Waals surface area contributed by atoms with Crippen molar-refractivity contribution in [2.75, 3.05) is 0 Å². The molecule has 2 aliphatic rings. The number of fused-ring (bicyclic) bond motifs is 2. The lowest BCUT2D eigenvalue weighted by atomic mass is 9.83. The van der Waals surface area contributed by atoms with Gasteiger partial charge in [-0.2, -0.15) is 13.2 Å². The zero-order chi connectivity index (χ0) is 16.2. The van der Waals surface area contributed by atoms with Gasteiger partial charge >= 0.3 is 6.18 Å². The molecule has 2 aliphatic heterocycles. The highest BCUT2D eigenvalue weighted by molar-refractivity contribution is 7.92. The van der Waals surface area contributed by atoms with E-state index in [2.05, 4.69) is 4.98 Å². The minimum absolute atomic E-state index is 0.00416. The number of pyridine rings is 1. The number of alkyl halides is 3. The zero-order valence-electron chi connectivity index (χ0n) is 11.7. The molecule has 1 N–H and O–H groups in total. The van der Waals surface area contributed by atoms with Gasteiger partial charge in [-0.3, -0.25) is 4.98 Å². The van der Waals surface area contributed by atoms with Crippen LogP contribution in [0.25, 0.3) is 0 Å². The van der Waals surface area contributed by atoms with E-state index in [0.717, 1.165) is 18.6 Å². The van der Waals surface area contributed by atoms with Gasteiger partial charge in [-0.25, -0.2) is 8.42 Å². The maximum Gasteiger partial charge on any atom is 0.417 e. The fraction of sp³-hybridized carbons (Fsp3) is 0.643. The van der Waals surface area contributed by atoms with E-state index in [1.807, 2.05) is 0 Å². The molecule has 3 heterocycles. The molecule has 8 heteroatoms. The molecule has 3 rings (SSSR count). The van der Waals surface area contributed by atoms with Crippen LogP contribution < -0.4 is 0 Å².